The van der Waals surface area contributed by atoms with Gasteiger partial charge in [-0.2, -0.15) is 0 Å². The minimum absolute atomic E-state index is 0.0644. The molecule has 1 heterocycles. The van der Waals surface area contributed by atoms with Gasteiger partial charge in [0.25, 0.3) is 0 Å². The van der Waals surface area contributed by atoms with Gasteiger partial charge in [-0.3, -0.25) is 9.59 Å². The van der Waals surface area contributed by atoms with Crippen molar-refractivity contribution in [2.75, 3.05) is 26.8 Å². The van der Waals surface area contributed by atoms with Crippen LogP contribution in [0.5, 0.6) is 0 Å². The molecule has 0 saturated carbocycles. The van der Waals surface area contributed by atoms with Crippen LogP contribution < -0.4 is 10.6 Å². The van der Waals surface area contributed by atoms with Gasteiger partial charge in [0.2, 0.25) is 5.91 Å². The molecule has 0 bridgehead atoms. The van der Waals surface area contributed by atoms with Gasteiger partial charge in [0.15, 0.2) is 0 Å². The zero-order chi connectivity index (χ0) is 15.7. The molecule has 1 rings (SSSR count). The minimum atomic E-state index is -1.27. The number of carbonyl (C=O) groups excluding carboxylic acids is 2. The van der Waals surface area contributed by atoms with E-state index in [9.17, 15) is 14.4 Å². The lowest BCUT2D eigenvalue weighted by molar-refractivity contribution is -0.148. The third-order valence-electron chi connectivity index (χ3n) is 3.20. The van der Waals surface area contributed by atoms with E-state index in [1.54, 1.807) is 0 Å². The first-order valence-electron chi connectivity index (χ1n) is 6.94. The van der Waals surface area contributed by atoms with Gasteiger partial charge < -0.3 is 25.2 Å². The van der Waals surface area contributed by atoms with Gasteiger partial charge in [-0.15, -0.1) is 0 Å². The summed E-state index contributed by atoms with van der Waals surface area (Å²) in [6.45, 7) is 2.04. The minimum Gasteiger partial charge on any atom is -0.480 e. The predicted octanol–water partition coefficient (Wildman–Crippen LogP) is -0.722. The lowest BCUT2D eigenvalue weighted by Gasteiger charge is -2.23. The van der Waals surface area contributed by atoms with Crippen LogP contribution in [0.1, 0.15) is 25.7 Å². The van der Waals surface area contributed by atoms with E-state index in [2.05, 4.69) is 15.4 Å². The van der Waals surface area contributed by atoms with Gasteiger partial charge in [0, 0.05) is 6.42 Å². The Hall–Kier alpha value is -1.67. The van der Waals surface area contributed by atoms with Crippen LogP contribution in [0.25, 0.3) is 0 Å². The third-order valence-corrected chi connectivity index (χ3v) is 3.20. The summed E-state index contributed by atoms with van der Waals surface area (Å²) in [6.07, 6.45) is 1.62. The standard InChI is InChI=1S/C13H22N2O6/c1-20-12(17)8-10(13(18)19)15-11(16)4-7-21-9-2-5-14-6-3-9/h9-10,14H,2-8H2,1H3,(H,15,16)(H,18,19)/t10-/m0/s1. The number of hydrogen-bond donors (Lipinski definition) is 3. The number of aliphatic carboxylic acids is 1. The van der Waals surface area contributed by atoms with Crippen LogP contribution in [0.4, 0.5) is 0 Å². The number of hydrogen-bond acceptors (Lipinski definition) is 6. The summed E-state index contributed by atoms with van der Waals surface area (Å²) >= 11 is 0. The Morgan fingerprint density at radius 1 is 1.33 bits per heavy atom. The quantitative estimate of drug-likeness (QED) is 0.507. The Morgan fingerprint density at radius 3 is 2.57 bits per heavy atom. The van der Waals surface area contributed by atoms with E-state index in [0.29, 0.717) is 0 Å². The van der Waals surface area contributed by atoms with Crippen molar-refractivity contribution >= 4 is 17.8 Å². The normalized spacial score (nSPS) is 17.0. The number of carbonyl (C=O) groups is 3. The van der Waals surface area contributed by atoms with Crippen molar-refractivity contribution in [1.29, 1.82) is 0 Å². The summed E-state index contributed by atoms with van der Waals surface area (Å²) in [4.78, 5) is 33.7. The second-order valence-corrected chi connectivity index (χ2v) is 4.81. The molecular formula is C13H22N2O6. The Morgan fingerprint density at radius 2 is 2.00 bits per heavy atom. The van der Waals surface area contributed by atoms with Gasteiger partial charge in [-0.25, -0.2) is 4.79 Å². The maximum absolute atomic E-state index is 11.7. The first kappa shape index (κ1) is 17.4. The average molecular weight is 302 g/mol. The topological polar surface area (TPSA) is 114 Å². The van der Waals surface area contributed by atoms with E-state index in [0.717, 1.165) is 33.0 Å². The van der Waals surface area contributed by atoms with Crippen molar-refractivity contribution in [3.63, 3.8) is 0 Å². The average Bonchev–Trinajstić information content (AvgIpc) is 2.47. The number of nitrogens with one attached hydrogen (secondary N) is 2. The van der Waals surface area contributed by atoms with Crippen molar-refractivity contribution in [2.45, 2.75) is 37.8 Å². The second-order valence-electron chi connectivity index (χ2n) is 4.81. The number of piperidine rings is 1. The highest BCUT2D eigenvalue weighted by atomic mass is 16.5. The zero-order valence-corrected chi connectivity index (χ0v) is 12.1. The van der Waals surface area contributed by atoms with Crippen molar-refractivity contribution in [3.8, 4) is 0 Å². The molecule has 0 aromatic rings. The van der Waals surface area contributed by atoms with E-state index in [1.807, 2.05) is 0 Å². The summed E-state index contributed by atoms with van der Waals surface area (Å²) < 4.78 is 9.95. The number of carboxylic acid groups (broad SMARTS) is 1. The molecule has 8 heteroatoms. The van der Waals surface area contributed by atoms with Crippen LogP contribution in [0.2, 0.25) is 0 Å². The van der Waals surface area contributed by atoms with Crippen LogP contribution >= 0.6 is 0 Å². The molecule has 1 atom stereocenters. The van der Waals surface area contributed by atoms with Crippen LogP contribution in [0, 0.1) is 0 Å². The zero-order valence-electron chi connectivity index (χ0n) is 12.1. The predicted molar refractivity (Wildman–Crippen MR) is 72.7 cm³/mol. The van der Waals surface area contributed by atoms with Crippen LogP contribution in [0.3, 0.4) is 0 Å². The molecule has 1 fully saturated rings. The summed E-state index contributed by atoms with van der Waals surface area (Å²) in [5.74, 6) is -2.41. The molecule has 1 amide bonds. The Labute approximate surface area is 123 Å². The summed E-state index contributed by atoms with van der Waals surface area (Å²) in [5.41, 5.74) is 0. The van der Waals surface area contributed by atoms with Crippen LogP contribution in [-0.4, -0.2) is 61.9 Å². The fourth-order valence-electron chi connectivity index (χ4n) is 2.00. The molecule has 21 heavy (non-hydrogen) atoms. The van der Waals surface area contributed by atoms with Crippen molar-refractivity contribution < 1.29 is 29.0 Å². The highest BCUT2D eigenvalue weighted by Crippen LogP contribution is 2.07. The SMILES string of the molecule is COC(=O)C[C@H](NC(=O)CCOC1CCNCC1)C(=O)O. The molecule has 0 radical (unpaired) electrons. The third kappa shape index (κ3) is 7.05. The van der Waals surface area contributed by atoms with E-state index >= 15 is 0 Å². The second kappa shape index (κ2) is 9.30. The molecular weight excluding hydrogens is 280 g/mol. The molecule has 0 spiro atoms. The molecule has 1 saturated heterocycles. The highest BCUT2D eigenvalue weighted by molar-refractivity contribution is 5.87. The van der Waals surface area contributed by atoms with Crippen molar-refractivity contribution in [1.82, 2.24) is 10.6 Å². The number of amides is 1. The van der Waals surface area contributed by atoms with Gasteiger partial charge in [0.05, 0.1) is 26.2 Å². The van der Waals surface area contributed by atoms with Gasteiger partial charge in [-0.05, 0) is 25.9 Å². The molecule has 1 aliphatic heterocycles. The van der Waals surface area contributed by atoms with Crippen molar-refractivity contribution in [2.24, 2.45) is 0 Å². The van der Waals surface area contributed by atoms with E-state index in [-0.39, 0.29) is 19.1 Å². The van der Waals surface area contributed by atoms with Gasteiger partial charge >= 0.3 is 11.9 Å². The first-order valence-corrected chi connectivity index (χ1v) is 6.94. The van der Waals surface area contributed by atoms with E-state index in [1.165, 1.54) is 0 Å². The molecule has 3 N–H and O–H groups in total. The smallest absolute Gasteiger partial charge is 0.326 e. The number of esters is 1. The Balaban J connectivity index is 2.26. The molecule has 120 valence electrons. The monoisotopic (exact) mass is 302 g/mol. The summed E-state index contributed by atoms with van der Waals surface area (Å²) in [6, 6.07) is -1.27. The van der Waals surface area contributed by atoms with Crippen molar-refractivity contribution in [3.05, 3.63) is 0 Å². The number of ether oxygens (including phenoxy) is 2. The number of carboxylic acids is 1. The Bertz CT molecular complexity index is 368. The highest BCUT2D eigenvalue weighted by Gasteiger charge is 2.23. The molecule has 0 unspecified atom stereocenters. The largest absolute Gasteiger partial charge is 0.480 e. The molecule has 0 aromatic heterocycles. The van der Waals surface area contributed by atoms with Gasteiger partial charge in [0.1, 0.15) is 6.04 Å². The van der Waals surface area contributed by atoms with Gasteiger partial charge in [-0.1, -0.05) is 0 Å². The lowest BCUT2D eigenvalue weighted by Crippen LogP contribution is -2.42. The molecule has 8 nitrogen and oxygen atoms in total. The summed E-state index contributed by atoms with van der Waals surface area (Å²) in [7, 11) is 1.16. The number of methoxy groups -OCH3 is 1. The number of rotatable bonds is 8. The first-order chi connectivity index (χ1) is 10.0. The molecule has 1 aliphatic rings. The van der Waals surface area contributed by atoms with Crippen LogP contribution in [-0.2, 0) is 23.9 Å². The molecule has 0 aromatic carbocycles. The molecule has 0 aliphatic carbocycles. The maximum atomic E-state index is 11.7. The Kier molecular flexibility index (Phi) is 7.70. The van der Waals surface area contributed by atoms with E-state index < -0.39 is 30.3 Å². The maximum Gasteiger partial charge on any atom is 0.326 e. The lowest BCUT2D eigenvalue weighted by atomic mass is 10.1. The fraction of sp³-hybridized carbons (Fsp3) is 0.769. The van der Waals surface area contributed by atoms with Crippen LogP contribution in [0.15, 0.2) is 0 Å². The fourth-order valence-corrected chi connectivity index (χ4v) is 2.00. The summed E-state index contributed by atoms with van der Waals surface area (Å²) in [5, 5.41) is 14.4. The van der Waals surface area contributed by atoms with E-state index in [4.69, 9.17) is 9.84 Å².